The Morgan fingerprint density at radius 2 is 1.81 bits per heavy atom. The molecule has 21 heavy (non-hydrogen) atoms. The summed E-state index contributed by atoms with van der Waals surface area (Å²) >= 11 is 0. The predicted octanol–water partition coefficient (Wildman–Crippen LogP) is 4.03. The van der Waals surface area contributed by atoms with Crippen molar-refractivity contribution in [3.8, 4) is 0 Å². The van der Waals surface area contributed by atoms with Crippen molar-refractivity contribution in [3.05, 3.63) is 34.9 Å². The van der Waals surface area contributed by atoms with Gasteiger partial charge in [-0.1, -0.05) is 25.1 Å². The number of methoxy groups -OCH3 is 1. The molecule has 0 amide bonds. The van der Waals surface area contributed by atoms with Crippen LogP contribution in [0.4, 0.5) is 0 Å². The van der Waals surface area contributed by atoms with Crippen molar-refractivity contribution in [3.63, 3.8) is 0 Å². The van der Waals surface area contributed by atoms with Crippen molar-refractivity contribution in [2.75, 3.05) is 14.2 Å². The van der Waals surface area contributed by atoms with Gasteiger partial charge < -0.3 is 10.1 Å². The van der Waals surface area contributed by atoms with E-state index in [0.717, 1.165) is 12.3 Å². The third-order valence-electron chi connectivity index (χ3n) is 5.56. The monoisotopic (exact) mass is 289 g/mol. The zero-order valence-corrected chi connectivity index (χ0v) is 14.3. The van der Waals surface area contributed by atoms with E-state index in [0.29, 0.717) is 6.04 Å². The molecule has 2 heteroatoms. The Morgan fingerprint density at radius 1 is 1.24 bits per heavy atom. The summed E-state index contributed by atoms with van der Waals surface area (Å²) in [5.41, 5.74) is 4.26. The van der Waals surface area contributed by atoms with E-state index in [4.69, 9.17) is 4.74 Å². The first-order valence-corrected chi connectivity index (χ1v) is 8.30. The van der Waals surface area contributed by atoms with Crippen molar-refractivity contribution in [2.24, 2.45) is 5.92 Å². The minimum absolute atomic E-state index is 0.00399. The van der Waals surface area contributed by atoms with Crippen LogP contribution in [0.15, 0.2) is 18.2 Å². The van der Waals surface area contributed by atoms with Crippen LogP contribution in [0.25, 0.3) is 0 Å². The maximum atomic E-state index is 6.07. The number of rotatable bonds is 5. The summed E-state index contributed by atoms with van der Waals surface area (Å²) in [6.45, 7) is 6.80. The quantitative estimate of drug-likeness (QED) is 0.883. The molecule has 1 fully saturated rings. The molecule has 0 aliphatic heterocycles. The van der Waals surface area contributed by atoms with Gasteiger partial charge >= 0.3 is 0 Å². The van der Waals surface area contributed by atoms with Gasteiger partial charge in [0.25, 0.3) is 0 Å². The molecule has 0 radical (unpaired) electrons. The lowest BCUT2D eigenvalue weighted by molar-refractivity contribution is -0.0731. The van der Waals surface area contributed by atoms with Gasteiger partial charge in [-0.15, -0.1) is 0 Å². The number of hydrogen-bond acceptors (Lipinski definition) is 2. The minimum Gasteiger partial charge on any atom is -0.377 e. The number of ether oxygens (including phenoxy) is 1. The molecule has 0 heterocycles. The molecule has 0 aromatic heterocycles. The lowest BCUT2D eigenvalue weighted by atomic mass is 9.73. The molecule has 1 unspecified atom stereocenters. The largest absolute Gasteiger partial charge is 0.377 e. The van der Waals surface area contributed by atoms with Crippen molar-refractivity contribution in [1.29, 1.82) is 0 Å². The molecule has 1 saturated carbocycles. The van der Waals surface area contributed by atoms with Gasteiger partial charge in [0.1, 0.15) is 0 Å². The highest BCUT2D eigenvalue weighted by atomic mass is 16.5. The molecule has 0 saturated heterocycles. The molecule has 1 N–H and O–H groups in total. The van der Waals surface area contributed by atoms with Crippen LogP contribution in [0, 0.1) is 19.8 Å². The van der Waals surface area contributed by atoms with E-state index in [-0.39, 0.29) is 5.60 Å². The number of likely N-dealkylation sites (N-methyl/N-ethyl adjacent to an activating group) is 1. The highest BCUT2D eigenvalue weighted by Gasteiger charge is 2.41. The molecular weight excluding hydrogens is 258 g/mol. The SMILES string of the molecule is CNC(Cc1c(C)cccc1C)C1(OC)CCC(C)CC1. The molecule has 1 atom stereocenters. The molecular formula is C19H31NO. The van der Waals surface area contributed by atoms with E-state index in [2.05, 4.69) is 51.3 Å². The summed E-state index contributed by atoms with van der Waals surface area (Å²) in [6.07, 6.45) is 5.94. The van der Waals surface area contributed by atoms with E-state index in [1.165, 1.54) is 42.4 Å². The van der Waals surface area contributed by atoms with Crippen LogP contribution in [0.1, 0.15) is 49.3 Å². The van der Waals surface area contributed by atoms with E-state index in [9.17, 15) is 0 Å². The first kappa shape index (κ1) is 16.5. The van der Waals surface area contributed by atoms with Gasteiger partial charge in [-0.3, -0.25) is 0 Å². The van der Waals surface area contributed by atoms with Crippen LogP contribution < -0.4 is 5.32 Å². The van der Waals surface area contributed by atoms with Crippen molar-refractivity contribution >= 4 is 0 Å². The van der Waals surface area contributed by atoms with Crippen LogP contribution in [-0.2, 0) is 11.2 Å². The minimum atomic E-state index is -0.00399. The molecule has 0 bridgehead atoms. The second kappa shape index (κ2) is 6.93. The second-order valence-corrected chi connectivity index (χ2v) is 6.87. The molecule has 2 rings (SSSR count). The summed E-state index contributed by atoms with van der Waals surface area (Å²) in [4.78, 5) is 0. The summed E-state index contributed by atoms with van der Waals surface area (Å²) in [6, 6.07) is 6.97. The topological polar surface area (TPSA) is 21.3 Å². The summed E-state index contributed by atoms with van der Waals surface area (Å²) in [7, 11) is 3.97. The van der Waals surface area contributed by atoms with Crippen LogP contribution in [0.2, 0.25) is 0 Å². The third kappa shape index (κ3) is 3.49. The fourth-order valence-corrected chi connectivity index (χ4v) is 3.87. The van der Waals surface area contributed by atoms with Crippen molar-refractivity contribution in [1.82, 2.24) is 5.32 Å². The third-order valence-corrected chi connectivity index (χ3v) is 5.56. The highest BCUT2D eigenvalue weighted by Crippen LogP contribution is 2.38. The number of nitrogens with one attached hydrogen (secondary N) is 1. The maximum absolute atomic E-state index is 6.07. The first-order valence-electron chi connectivity index (χ1n) is 8.30. The molecule has 0 spiro atoms. The summed E-state index contributed by atoms with van der Waals surface area (Å²) in [5.74, 6) is 0.839. The van der Waals surface area contributed by atoms with Crippen LogP contribution in [-0.4, -0.2) is 25.8 Å². The molecule has 118 valence electrons. The molecule has 1 aliphatic carbocycles. The summed E-state index contributed by atoms with van der Waals surface area (Å²) in [5, 5.41) is 3.56. The van der Waals surface area contributed by atoms with Gasteiger partial charge in [0.15, 0.2) is 0 Å². The lowest BCUT2D eigenvalue weighted by Crippen LogP contribution is -2.54. The Hall–Kier alpha value is -0.860. The zero-order valence-electron chi connectivity index (χ0n) is 14.3. The van der Waals surface area contributed by atoms with E-state index < -0.39 is 0 Å². The Morgan fingerprint density at radius 3 is 2.29 bits per heavy atom. The Balaban J connectivity index is 2.22. The Labute approximate surface area is 130 Å². The number of benzene rings is 1. The van der Waals surface area contributed by atoms with E-state index in [1.54, 1.807) is 0 Å². The van der Waals surface area contributed by atoms with Gasteiger partial charge in [0.2, 0.25) is 0 Å². The fraction of sp³-hybridized carbons (Fsp3) is 0.684. The zero-order chi connectivity index (χ0) is 15.5. The molecule has 1 aliphatic rings. The van der Waals surface area contributed by atoms with Gasteiger partial charge in [0, 0.05) is 13.2 Å². The second-order valence-electron chi connectivity index (χ2n) is 6.87. The maximum Gasteiger partial charge on any atom is 0.0834 e. The summed E-state index contributed by atoms with van der Waals surface area (Å²) < 4.78 is 6.07. The van der Waals surface area contributed by atoms with Crippen LogP contribution in [0.5, 0.6) is 0 Å². The predicted molar refractivity (Wildman–Crippen MR) is 89.8 cm³/mol. The molecule has 2 nitrogen and oxygen atoms in total. The Kier molecular flexibility index (Phi) is 5.45. The fourth-order valence-electron chi connectivity index (χ4n) is 3.87. The van der Waals surface area contributed by atoms with Crippen LogP contribution in [0.3, 0.4) is 0 Å². The standard InChI is InChI=1S/C19H31NO/c1-14-9-11-19(21-5,12-10-14)18(20-4)13-17-15(2)7-6-8-16(17)3/h6-8,14,18,20H,9-13H2,1-5H3. The lowest BCUT2D eigenvalue weighted by Gasteiger charge is -2.44. The van der Waals surface area contributed by atoms with Crippen molar-refractivity contribution in [2.45, 2.75) is 64.5 Å². The molecule has 1 aromatic carbocycles. The number of hydrogen-bond donors (Lipinski definition) is 1. The average Bonchev–Trinajstić information content (AvgIpc) is 2.49. The molecule has 1 aromatic rings. The van der Waals surface area contributed by atoms with Crippen molar-refractivity contribution < 1.29 is 4.74 Å². The Bertz CT molecular complexity index is 440. The first-order chi connectivity index (χ1) is 10.0. The number of aryl methyl sites for hydroxylation is 2. The van der Waals surface area contributed by atoms with Gasteiger partial charge in [-0.2, -0.15) is 0 Å². The van der Waals surface area contributed by atoms with Gasteiger partial charge in [0.05, 0.1) is 5.60 Å². The van der Waals surface area contributed by atoms with Gasteiger partial charge in [-0.05, 0) is 75.6 Å². The van der Waals surface area contributed by atoms with E-state index >= 15 is 0 Å². The smallest absolute Gasteiger partial charge is 0.0834 e. The highest BCUT2D eigenvalue weighted by molar-refractivity contribution is 5.34. The van der Waals surface area contributed by atoms with E-state index in [1.807, 2.05) is 7.11 Å². The van der Waals surface area contributed by atoms with Gasteiger partial charge in [-0.25, -0.2) is 0 Å². The van der Waals surface area contributed by atoms with Crippen LogP contribution >= 0.6 is 0 Å². The average molecular weight is 289 g/mol. The normalized spacial score (nSPS) is 27.6.